The lowest BCUT2D eigenvalue weighted by atomic mass is 10.1. The molecule has 0 unspecified atom stereocenters. The van der Waals surface area contributed by atoms with Gasteiger partial charge in [-0.25, -0.2) is 14.6 Å². The number of carbonyl (C=O) groups is 1. The van der Waals surface area contributed by atoms with Crippen LogP contribution in [0, 0.1) is 6.92 Å². The van der Waals surface area contributed by atoms with Crippen molar-refractivity contribution in [2.24, 2.45) is 0 Å². The third-order valence-electron chi connectivity index (χ3n) is 4.89. The minimum absolute atomic E-state index is 0.216. The number of nitrogens with one attached hydrogen (secondary N) is 1. The first kappa shape index (κ1) is 18.8. The zero-order valence-electron chi connectivity index (χ0n) is 15.9. The molecule has 28 heavy (non-hydrogen) atoms. The van der Waals surface area contributed by atoms with Crippen LogP contribution in [-0.4, -0.2) is 43.4 Å². The van der Waals surface area contributed by atoms with Gasteiger partial charge in [0, 0.05) is 18.7 Å². The van der Waals surface area contributed by atoms with E-state index in [4.69, 9.17) is 4.98 Å². The zero-order valence-corrected chi connectivity index (χ0v) is 16.7. The summed E-state index contributed by atoms with van der Waals surface area (Å²) in [6.07, 6.45) is 5.47. The normalized spacial score (nSPS) is 14.8. The van der Waals surface area contributed by atoms with Crippen LogP contribution in [0.2, 0.25) is 0 Å². The van der Waals surface area contributed by atoms with Gasteiger partial charge in [-0.2, -0.15) is 5.10 Å². The predicted octanol–water partition coefficient (Wildman–Crippen LogP) is 3.08. The maximum absolute atomic E-state index is 12.7. The Morgan fingerprint density at radius 2 is 2.25 bits per heavy atom. The van der Waals surface area contributed by atoms with E-state index in [1.165, 1.54) is 0 Å². The summed E-state index contributed by atoms with van der Waals surface area (Å²) in [5, 5.41) is 19.0. The number of aliphatic hydroxyl groups excluding tert-OH is 1. The van der Waals surface area contributed by atoms with Gasteiger partial charge < -0.3 is 10.4 Å². The Labute approximate surface area is 167 Å². The van der Waals surface area contributed by atoms with Crippen LogP contribution in [0.4, 0.5) is 0 Å². The van der Waals surface area contributed by atoms with Crippen molar-refractivity contribution in [2.45, 2.75) is 45.1 Å². The fraction of sp³-hybridized carbons (Fsp3) is 0.400. The van der Waals surface area contributed by atoms with Crippen molar-refractivity contribution in [1.82, 2.24) is 25.1 Å². The van der Waals surface area contributed by atoms with E-state index < -0.39 is 6.10 Å². The van der Waals surface area contributed by atoms with E-state index in [9.17, 15) is 9.90 Å². The van der Waals surface area contributed by atoms with E-state index >= 15 is 0 Å². The molecule has 3 aromatic rings. The number of aromatic nitrogens is 4. The van der Waals surface area contributed by atoms with Crippen molar-refractivity contribution in [3.63, 3.8) is 0 Å². The fourth-order valence-corrected chi connectivity index (χ4v) is 3.87. The molecular formula is C20H23N5O2S. The summed E-state index contributed by atoms with van der Waals surface area (Å²) in [4.78, 5) is 22.9. The molecule has 3 heterocycles. The third kappa shape index (κ3) is 3.70. The quantitative estimate of drug-likeness (QED) is 0.639. The van der Waals surface area contributed by atoms with Crippen molar-refractivity contribution in [3.05, 3.63) is 46.7 Å². The van der Waals surface area contributed by atoms with Crippen LogP contribution >= 0.6 is 11.3 Å². The molecule has 3 aromatic heterocycles. The number of rotatable bonds is 7. The number of nitrogens with zero attached hydrogens (tertiary/aromatic N) is 4. The van der Waals surface area contributed by atoms with Crippen molar-refractivity contribution < 1.29 is 9.90 Å². The van der Waals surface area contributed by atoms with Crippen LogP contribution in [0.3, 0.4) is 0 Å². The second-order valence-electron chi connectivity index (χ2n) is 7.08. The highest BCUT2D eigenvalue weighted by Crippen LogP contribution is 2.42. The summed E-state index contributed by atoms with van der Waals surface area (Å²) in [6, 6.07) is 4.03. The number of aryl methyl sites for hydroxylation is 1. The van der Waals surface area contributed by atoms with Crippen LogP contribution in [0.15, 0.2) is 29.9 Å². The minimum Gasteiger partial charge on any atom is -0.391 e. The monoisotopic (exact) mass is 397 g/mol. The molecule has 1 atom stereocenters. The van der Waals surface area contributed by atoms with Crippen molar-refractivity contribution in [3.8, 4) is 16.5 Å². The van der Waals surface area contributed by atoms with Crippen LogP contribution in [-0.2, 0) is 0 Å². The topological polar surface area (TPSA) is 92.9 Å². The van der Waals surface area contributed by atoms with Crippen LogP contribution in [0.1, 0.15) is 53.7 Å². The summed E-state index contributed by atoms with van der Waals surface area (Å²) in [7, 11) is 0. The van der Waals surface area contributed by atoms with Gasteiger partial charge in [-0.1, -0.05) is 13.0 Å². The van der Waals surface area contributed by atoms with Crippen molar-refractivity contribution >= 4 is 17.2 Å². The lowest BCUT2D eigenvalue weighted by Crippen LogP contribution is -2.32. The van der Waals surface area contributed by atoms with Gasteiger partial charge in [0.25, 0.3) is 11.9 Å². The molecule has 0 aliphatic heterocycles. The average molecular weight is 398 g/mol. The second kappa shape index (κ2) is 7.81. The maximum atomic E-state index is 12.7. The van der Waals surface area contributed by atoms with Gasteiger partial charge in [0.1, 0.15) is 0 Å². The molecule has 0 bridgehead atoms. The van der Waals surface area contributed by atoms with E-state index in [0.717, 1.165) is 34.7 Å². The summed E-state index contributed by atoms with van der Waals surface area (Å²) in [6.45, 7) is 4.10. The van der Waals surface area contributed by atoms with Gasteiger partial charge in [0.2, 0.25) is 0 Å². The summed E-state index contributed by atoms with van der Waals surface area (Å²) < 4.78 is 1.69. The molecule has 146 valence electrons. The Balaban J connectivity index is 1.69. The Kier molecular flexibility index (Phi) is 5.23. The molecule has 1 fully saturated rings. The number of amides is 1. The number of hydrogen-bond acceptors (Lipinski definition) is 6. The van der Waals surface area contributed by atoms with Gasteiger partial charge in [-0.15, -0.1) is 11.3 Å². The first-order valence-electron chi connectivity index (χ1n) is 9.50. The maximum Gasteiger partial charge on any atom is 0.254 e. The Bertz CT molecular complexity index is 979. The predicted molar refractivity (Wildman–Crippen MR) is 108 cm³/mol. The molecule has 0 saturated heterocycles. The highest BCUT2D eigenvalue weighted by molar-refractivity contribution is 7.13. The SMILES string of the molecule is CC[C@H](O)CNC(=O)c1cnn(-c2ncc(C)c(-c3cccs3)n2)c1C1CC1. The third-order valence-corrected chi connectivity index (χ3v) is 5.76. The number of hydrogen-bond donors (Lipinski definition) is 2. The minimum atomic E-state index is -0.544. The van der Waals surface area contributed by atoms with Crippen LogP contribution in [0.25, 0.3) is 16.5 Å². The molecule has 7 nitrogen and oxygen atoms in total. The summed E-state index contributed by atoms with van der Waals surface area (Å²) in [5.74, 6) is 0.546. The van der Waals surface area contributed by atoms with E-state index in [2.05, 4.69) is 15.4 Å². The van der Waals surface area contributed by atoms with Gasteiger partial charge in [-0.3, -0.25) is 4.79 Å². The largest absolute Gasteiger partial charge is 0.391 e. The fourth-order valence-electron chi connectivity index (χ4n) is 3.09. The second-order valence-corrected chi connectivity index (χ2v) is 8.03. The highest BCUT2D eigenvalue weighted by Gasteiger charge is 2.33. The first-order valence-corrected chi connectivity index (χ1v) is 10.4. The molecular weight excluding hydrogens is 374 g/mol. The van der Waals surface area contributed by atoms with E-state index in [-0.39, 0.29) is 18.4 Å². The van der Waals surface area contributed by atoms with E-state index in [0.29, 0.717) is 17.9 Å². The van der Waals surface area contributed by atoms with Crippen molar-refractivity contribution in [2.75, 3.05) is 6.54 Å². The molecule has 4 rings (SSSR count). The molecule has 8 heteroatoms. The molecule has 2 N–H and O–H groups in total. The van der Waals surface area contributed by atoms with Crippen LogP contribution in [0.5, 0.6) is 0 Å². The van der Waals surface area contributed by atoms with Gasteiger partial charge in [0.15, 0.2) is 0 Å². The summed E-state index contributed by atoms with van der Waals surface area (Å²) in [5.41, 5.74) is 3.27. The number of thiophene rings is 1. The number of aliphatic hydroxyl groups is 1. The first-order chi connectivity index (χ1) is 13.6. The lowest BCUT2D eigenvalue weighted by Gasteiger charge is -2.11. The molecule has 1 aliphatic carbocycles. The van der Waals surface area contributed by atoms with Gasteiger partial charge in [0.05, 0.1) is 34.1 Å². The van der Waals surface area contributed by atoms with Crippen molar-refractivity contribution in [1.29, 1.82) is 0 Å². The molecule has 1 amide bonds. The van der Waals surface area contributed by atoms with E-state index in [1.807, 2.05) is 31.4 Å². The lowest BCUT2D eigenvalue weighted by molar-refractivity contribution is 0.0913. The molecule has 1 saturated carbocycles. The molecule has 0 aromatic carbocycles. The van der Waals surface area contributed by atoms with E-state index in [1.54, 1.807) is 28.4 Å². The Hall–Kier alpha value is -2.58. The average Bonchev–Trinajstić information content (AvgIpc) is 3.21. The smallest absolute Gasteiger partial charge is 0.254 e. The summed E-state index contributed by atoms with van der Waals surface area (Å²) >= 11 is 1.63. The van der Waals surface area contributed by atoms with Gasteiger partial charge >= 0.3 is 0 Å². The molecule has 0 spiro atoms. The Morgan fingerprint density at radius 1 is 1.43 bits per heavy atom. The zero-order chi connectivity index (χ0) is 19.7. The van der Waals surface area contributed by atoms with Crippen LogP contribution < -0.4 is 5.32 Å². The van der Waals surface area contributed by atoms with Gasteiger partial charge in [-0.05, 0) is 43.2 Å². The molecule has 0 radical (unpaired) electrons. The molecule has 1 aliphatic rings. The highest BCUT2D eigenvalue weighted by atomic mass is 32.1. The Morgan fingerprint density at radius 3 is 2.93 bits per heavy atom. The number of carbonyl (C=O) groups excluding carboxylic acids is 1. The standard InChI is InChI=1S/C20H23N5O2S/c1-3-14(26)10-21-19(27)15-11-23-25(18(15)13-6-7-13)20-22-9-12(2)17(24-20)16-5-4-8-28-16/h4-5,8-9,11,13-14,26H,3,6-7,10H2,1-2H3,(H,21,27)/t14-/m0/s1.